The number of benzene rings is 4. The van der Waals surface area contributed by atoms with E-state index < -0.39 is 11.9 Å². The smallest absolute Gasteiger partial charge is 0.494 e. The number of aryl methyl sites for hydroxylation is 2. The molecule has 12 heteroatoms. The van der Waals surface area contributed by atoms with Crippen LogP contribution in [0.25, 0.3) is 22.3 Å². The van der Waals surface area contributed by atoms with Gasteiger partial charge in [-0.1, -0.05) is 66.7 Å². The maximum absolute atomic E-state index is 11.6. The Morgan fingerprint density at radius 2 is 1.00 bits per heavy atom. The minimum atomic E-state index is -0.502. The third-order valence-electron chi connectivity index (χ3n) is 10.5. The molecule has 0 aliphatic carbocycles. The molecule has 0 radical (unpaired) electrons. The van der Waals surface area contributed by atoms with E-state index in [1.807, 2.05) is 84.9 Å². The first-order chi connectivity index (χ1) is 28.2. The van der Waals surface area contributed by atoms with Crippen LogP contribution in [0, 0.1) is 13.8 Å². The first kappa shape index (κ1) is 42.4. The van der Waals surface area contributed by atoms with Gasteiger partial charge in [-0.3, -0.25) is 0 Å². The van der Waals surface area contributed by atoms with Crippen molar-refractivity contribution in [2.45, 2.75) is 66.0 Å². The Kier molecular flexibility index (Phi) is 13.0. The van der Waals surface area contributed by atoms with E-state index in [1.54, 1.807) is 33.1 Å². The summed E-state index contributed by atoms with van der Waals surface area (Å²) < 4.78 is 49.5. The van der Waals surface area contributed by atoms with Crippen molar-refractivity contribution in [2.24, 2.45) is 0 Å². The molecule has 2 aromatic heterocycles. The van der Waals surface area contributed by atoms with Gasteiger partial charge in [-0.05, 0) is 106 Å². The number of furan rings is 2. The summed E-state index contributed by atoms with van der Waals surface area (Å²) in [6.07, 6.45) is 0. The van der Waals surface area contributed by atoms with Crippen LogP contribution in [0.2, 0.25) is 0 Å². The van der Waals surface area contributed by atoms with E-state index in [-0.39, 0.29) is 29.8 Å². The summed E-state index contributed by atoms with van der Waals surface area (Å²) in [6, 6.07) is 35.0. The van der Waals surface area contributed by atoms with Crippen molar-refractivity contribution in [3.05, 3.63) is 143 Å². The number of esters is 2. The second kappa shape index (κ2) is 18.1. The van der Waals surface area contributed by atoms with Gasteiger partial charge < -0.3 is 41.8 Å². The fourth-order valence-electron chi connectivity index (χ4n) is 6.22. The fraction of sp³-hybridized carbons (Fsp3) is 0.277. The molecule has 6 aromatic rings. The molecule has 0 atom stereocenters. The minimum absolute atomic E-state index is 0.174. The molecule has 1 saturated heterocycles. The highest BCUT2D eigenvalue weighted by atomic mass is 16.7. The standard InChI is InChI=1S/C26H29BO6.C21H20O5/c1-17-20(15-23(31-17)24(28)29-6)16-30-22-13-9-19(10-14-22)18-7-11-21(12-8-18)27-32-25(2,3)26(4,5)33-27;1-14-16(12-20(26-14)21(22)24-3)13-25-17-10-8-15(9-11-17)18-6-4-5-7-19(18)23-2/h7-15H,16H2,1-6H3;4-12H,13H2,1-3H3. The summed E-state index contributed by atoms with van der Waals surface area (Å²) in [5.74, 6) is 2.90. The molecule has 0 spiro atoms. The number of hydrogen-bond donors (Lipinski definition) is 0. The molecular formula is C47H49BO11. The van der Waals surface area contributed by atoms with Gasteiger partial charge in [-0.25, -0.2) is 9.59 Å². The molecule has 59 heavy (non-hydrogen) atoms. The van der Waals surface area contributed by atoms with Crippen molar-refractivity contribution >= 4 is 24.5 Å². The molecule has 4 aromatic carbocycles. The zero-order chi connectivity index (χ0) is 42.3. The third kappa shape index (κ3) is 9.91. The van der Waals surface area contributed by atoms with Crippen LogP contribution >= 0.6 is 0 Å². The highest BCUT2D eigenvalue weighted by Gasteiger charge is 2.51. The average molecular weight is 801 g/mol. The Hall–Kier alpha value is -6.24. The molecule has 0 N–H and O–H groups in total. The molecule has 7 rings (SSSR count). The SMILES string of the molecule is COC(=O)c1cc(COc2ccc(-c3ccc(B4OC(C)(C)C(C)(C)O4)cc3)cc2)c(C)o1.COC(=O)c1cc(COc2ccc(-c3ccccc3OC)cc2)c(C)o1. The molecular weight excluding hydrogens is 751 g/mol. The van der Waals surface area contributed by atoms with Crippen LogP contribution in [0.15, 0.2) is 118 Å². The predicted octanol–water partition coefficient (Wildman–Crippen LogP) is 9.55. The Morgan fingerprint density at radius 3 is 1.44 bits per heavy atom. The Bertz CT molecular complexity index is 2340. The molecule has 0 saturated carbocycles. The normalized spacial score (nSPS) is 13.9. The Morgan fingerprint density at radius 1 is 0.576 bits per heavy atom. The van der Waals surface area contributed by atoms with Crippen LogP contribution in [-0.4, -0.2) is 51.6 Å². The van der Waals surface area contributed by atoms with E-state index in [1.165, 1.54) is 14.2 Å². The Balaban J connectivity index is 0.000000204. The van der Waals surface area contributed by atoms with Gasteiger partial charge in [0.05, 0.1) is 32.5 Å². The Labute approximate surface area is 345 Å². The third-order valence-corrected chi connectivity index (χ3v) is 10.5. The van der Waals surface area contributed by atoms with Crippen molar-refractivity contribution in [1.29, 1.82) is 0 Å². The van der Waals surface area contributed by atoms with Gasteiger partial charge in [0.15, 0.2) is 0 Å². The van der Waals surface area contributed by atoms with Gasteiger partial charge in [0.25, 0.3) is 0 Å². The number of carbonyl (C=O) groups excluding carboxylic acids is 2. The van der Waals surface area contributed by atoms with E-state index in [0.29, 0.717) is 24.7 Å². The quantitative estimate of drug-likeness (QED) is 0.0868. The lowest BCUT2D eigenvalue weighted by atomic mass is 9.78. The first-order valence-electron chi connectivity index (χ1n) is 19.1. The second-order valence-corrected chi connectivity index (χ2v) is 14.9. The number of rotatable bonds is 12. The number of para-hydroxylation sites is 1. The van der Waals surface area contributed by atoms with Crippen molar-refractivity contribution in [3.63, 3.8) is 0 Å². The number of ether oxygens (including phenoxy) is 5. The molecule has 3 heterocycles. The monoisotopic (exact) mass is 800 g/mol. The van der Waals surface area contributed by atoms with Crippen molar-refractivity contribution in [3.8, 4) is 39.5 Å². The van der Waals surface area contributed by atoms with Crippen LogP contribution in [0.1, 0.15) is 71.5 Å². The topological polar surface area (TPSA) is 125 Å². The lowest BCUT2D eigenvalue weighted by Gasteiger charge is -2.32. The van der Waals surface area contributed by atoms with Gasteiger partial charge >= 0.3 is 19.1 Å². The van der Waals surface area contributed by atoms with Crippen LogP contribution < -0.4 is 19.7 Å². The number of carbonyl (C=O) groups is 2. The van der Waals surface area contributed by atoms with E-state index in [2.05, 4.69) is 49.3 Å². The summed E-state index contributed by atoms with van der Waals surface area (Å²) in [7, 11) is 3.93. The molecule has 1 aliphatic heterocycles. The summed E-state index contributed by atoms with van der Waals surface area (Å²) in [5.41, 5.74) is 6.13. The highest BCUT2D eigenvalue weighted by Crippen LogP contribution is 2.37. The van der Waals surface area contributed by atoms with Gasteiger partial charge in [-0.2, -0.15) is 0 Å². The molecule has 11 nitrogen and oxygen atoms in total. The molecule has 306 valence electrons. The largest absolute Gasteiger partial charge is 0.496 e. The van der Waals surface area contributed by atoms with Crippen molar-refractivity contribution < 1.29 is 51.4 Å². The fourth-order valence-corrected chi connectivity index (χ4v) is 6.22. The van der Waals surface area contributed by atoms with Crippen molar-refractivity contribution in [1.82, 2.24) is 0 Å². The van der Waals surface area contributed by atoms with E-state index in [9.17, 15) is 9.59 Å². The van der Waals surface area contributed by atoms with Crippen LogP contribution in [0.5, 0.6) is 17.2 Å². The van der Waals surface area contributed by atoms with Crippen LogP contribution in [-0.2, 0) is 32.0 Å². The van der Waals surface area contributed by atoms with Crippen molar-refractivity contribution in [2.75, 3.05) is 21.3 Å². The van der Waals surface area contributed by atoms with Gasteiger partial charge in [0, 0.05) is 16.7 Å². The highest BCUT2D eigenvalue weighted by molar-refractivity contribution is 6.62. The van der Waals surface area contributed by atoms with Gasteiger partial charge in [0.1, 0.15) is 42.0 Å². The maximum atomic E-state index is 11.6. The number of hydrogen-bond acceptors (Lipinski definition) is 11. The van der Waals surface area contributed by atoms with E-state index in [0.717, 1.165) is 56.1 Å². The zero-order valence-electron chi connectivity index (χ0n) is 34.9. The maximum Gasteiger partial charge on any atom is 0.494 e. The summed E-state index contributed by atoms with van der Waals surface area (Å²) in [6.45, 7) is 12.4. The summed E-state index contributed by atoms with van der Waals surface area (Å²) in [4.78, 5) is 23.1. The molecule has 1 aliphatic rings. The summed E-state index contributed by atoms with van der Waals surface area (Å²) >= 11 is 0. The predicted molar refractivity (Wildman–Crippen MR) is 224 cm³/mol. The first-order valence-corrected chi connectivity index (χ1v) is 19.1. The van der Waals surface area contributed by atoms with Gasteiger partial charge in [0.2, 0.25) is 11.5 Å². The molecule has 1 fully saturated rings. The lowest BCUT2D eigenvalue weighted by Crippen LogP contribution is -2.41. The van der Waals surface area contributed by atoms with Crippen LogP contribution in [0.4, 0.5) is 0 Å². The number of methoxy groups -OCH3 is 3. The van der Waals surface area contributed by atoms with Crippen LogP contribution in [0.3, 0.4) is 0 Å². The molecule has 0 unspecified atom stereocenters. The zero-order valence-corrected chi connectivity index (χ0v) is 34.9. The van der Waals surface area contributed by atoms with E-state index >= 15 is 0 Å². The van der Waals surface area contributed by atoms with E-state index in [4.69, 9.17) is 32.4 Å². The molecule has 0 bridgehead atoms. The minimum Gasteiger partial charge on any atom is -0.496 e. The lowest BCUT2D eigenvalue weighted by molar-refractivity contribution is 0.00578. The molecule has 0 amide bonds. The average Bonchev–Trinajstić information content (AvgIpc) is 3.89. The van der Waals surface area contributed by atoms with Gasteiger partial charge in [-0.15, -0.1) is 0 Å². The second-order valence-electron chi connectivity index (χ2n) is 14.9. The summed E-state index contributed by atoms with van der Waals surface area (Å²) in [5, 5.41) is 0.